The third-order valence-corrected chi connectivity index (χ3v) is 3.65. The molecule has 0 N–H and O–H groups in total. The van der Waals surface area contributed by atoms with Crippen LogP contribution in [0.1, 0.15) is 25.3 Å². The number of nitrogens with zero attached hydrogens (tertiary/aromatic N) is 4. The number of hydrogen-bond donors (Lipinski definition) is 0. The summed E-state index contributed by atoms with van der Waals surface area (Å²) < 4.78 is 0. The Morgan fingerprint density at radius 3 is 2.57 bits per heavy atom. The first-order valence-electron chi connectivity index (χ1n) is 7.17. The minimum absolute atomic E-state index is 0.767. The Balaban J connectivity index is 1.85. The molecule has 0 radical (unpaired) electrons. The molecule has 0 unspecified atom stereocenters. The van der Waals surface area contributed by atoms with Gasteiger partial charge in [-0.1, -0.05) is 43.7 Å². The molecule has 4 heteroatoms. The van der Waals surface area contributed by atoms with Crippen molar-refractivity contribution in [1.82, 2.24) is 0 Å². The van der Waals surface area contributed by atoms with Crippen molar-refractivity contribution in [3.63, 3.8) is 0 Å². The van der Waals surface area contributed by atoms with Crippen molar-refractivity contribution in [2.45, 2.75) is 19.8 Å². The molecule has 2 aromatic rings. The maximum atomic E-state index is 4.65. The van der Waals surface area contributed by atoms with Gasteiger partial charge in [0.15, 0.2) is 5.84 Å². The monoisotopic (exact) mass is 274 g/mol. The van der Waals surface area contributed by atoms with Gasteiger partial charge in [0.05, 0.1) is 22.4 Å². The lowest BCUT2D eigenvalue weighted by Crippen LogP contribution is -2.09. The molecule has 4 nitrogen and oxygen atoms in total. The molecular formula is C17H14N4. The molecule has 2 aromatic carbocycles. The second kappa shape index (κ2) is 4.74. The average Bonchev–Trinajstić information content (AvgIpc) is 3.10. The van der Waals surface area contributed by atoms with E-state index in [-0.39, 0.29) is 0 Å². The van der Waals surface area contributed by atoms with Crippen molar-refractivity contribution >= 4 is 22.9 Å². The number of azo groups is 1. The SMILES string of the molecule is CCCC1=c2cc3c(cc2N=N1)=NC(c1ccccc1)=N3. The number of hydrogen-bond acceptors (Lipinski definition) is 4. The van der Waals surface area contributed by atoms with Gasteiger partial charge in [0.2, 0.25) is 0 Å². The van der Waals surface area contributed by atoms with Gasteiger partial charge in [0.1, 0.15) is 0 Å². The first-order chi connectivity index (χ1) is 10.3. The topological polar surface area (TPSA) is 49.4 Å². The van der Waals surface area contributed by atoms with Crippen LogP contribution in [-0.4, -0.2) is 5.84 Å². The van der Waals surface area contributed by atoms with Crippen molar-refractivity contribution in [2.24, 2.45) is 20.2 Å². The normalized spacial score (nSPS) is 14.7. The highest BCUT2D eigenvalue weighted by atomic mass is 15.1. The first kappa shape index (κ1) is 12.1. The lowest BCUT2D eigenvalue weighted by molar-refractivity contribution is 0.950. The fraction of sp³-hybridized carbons (Fsp3) is 0.176. The van der Waals surface area contributed by atoms with Crippen molar-refractivity contribution < 1.29 is 0 Å². The Morgan fingerprint density at radius 1 is 0.905 bits per heavy atom. The molecule has 2 aliphatic rings. The zero-order valence-electron chi connectivity index (χ0n) is 11.7. The lowest BCUT2D eigenvalue weighted by Gasteiger charge is -1.95. The van der Waals surface area contributed by atoms with Crippen LogP contribution in [-0.2, 0) is 0 Å². The summed E-state index contributed by atoms with van der Waals surface area (Å²) in [6.07, 6.45) is 2.01. The van der Waals surface area contributed by atoms with E-state index in [0.717, 1.165) is 51.9 Å². The molecule has 0 saturated heterocycles. The molecule has 21 heavy (non-hydrogen) atoms. The quantitative estimate of drug-likeness (QED) is 0.823. The van der Waals surface area contributed by atoms with E-state index in [2.05, 4.69) is 33.2 Å². The highest BCUT2D eigenvalue weighted by Gasteiger charge is 2.15. The Kier molecular flexibility index (Phi) is 2.74. The number of amidine groups is 1. The van der Waals surface area contributed by atoms with Crippen molar-refractivity contribution in [3.05, 3.63) is 58.6 Å². The van der Waals surface area contributed by atoms with Crippen molar-refractivity contribution in [1.29, 1.82) is 0 Å². The zero-order valence-corrected chi connectivity index (χ0v) is 11.7. The maximum absolute atomic E-state index is 4.65. The number of aliphatic imine (C=N–C) groups is 1. The van der Waals surface area contributed by atoms with Crippen LogP contribution in [0, 0.1) is 0 Å². The van der Waals surface area contributed by atoms with Crippen LogP contribution in [0.25, 0.3) is 5.70 Å². The van der Waals surface area contributed by atoms with E-state index in [0.29, 0.717) is 0 Å². The molecule has 0 bridgehead atoms. The van der Waals surface area contributed by atoms with E-state index in [1.165, 1.54) is 0 Å². The molecule has 0 aliphatic carbocycles. The molecule has 0 amide bonds. The molecule has 0 saturated carbocycles. The van der Waals surface area contributed by atoms with E-state index < -0.39 is 0 Å². The van der Waals surface area contributed by atoms with Crippen LogP contribution in [0.3, 0.4) is 0 Å². The van der Waals surface area contributed by atoms with E-state index >= 15 is 0 Å². The van der Waals surface area contributed by atoms with Gasteiger partial charge in [0.25, 0.3) is 0 Å². The second-order valence-electron chi connectivity index (χ2n) is 5.17. The maximum Gasteiger partial charge on any atom is 0.160 e. The summed E-state index contributed by atoms with van der Waals surface area (Å²) in [6, 6.07) is 14.1. The van der Waals surface area contributed by atoms with Crippen LogP contribution in [0.2, 0.25) is 0 Å². The summed E-state index contributed by atoms with van der Waals surface area (Å²) in [4.78, 5) is 9.26. The van der Waals surface area contributed by atoms with Gasteiger partial charge in [-0.3, -0.25) is 0 Å². The van der Waals surface area contributed by atoms with E-state index in [9.17, 15) is 0 Å². The van der Waals surface area contributed by atoms with E-state index in [1.807, 2.05) is 36.4 Å². The van der Waals surface area contributed by atoms with E-state index in [1.54, 1.807) is 0 Å². The van der Waals surface area contributed by atoms with Crippen LogP contribution >= 0.6 is 0 Å². The van der Waals surface area contributed by atoms with Gasteiger partial charge < -0.3 is 0 Å². The van der Waals surface area contributed by atoms with Crippen LogP contribution in [0.15, 0.2) is 62.7 Å². The first-order valence-corrected chi connectivity index (χ1v) is 7.17. The molecule has 0 aromatic heterocycles. The van der Waals surface area contributed by atoms with Gasteiger partial charge >= 0.3 is 0 Å². The number of fused-ring (bicyclic) bond motifs is 2. The van der Waals surface area contributed by atoms with Gasteiger partial charge in [-0.25, -0.2) is 9.98 Å². The predicted octanol–water partition coefficient (Wildman–Crippen LogP) is 3.40. The molecule has 102 valence electrons. The molecule has 0 atom stereocenters. The summed E-state index contributed by atoms with van der Waals surface area (Å²) in [5.41, 5.74) is 3.91. The third kappa shape index (κ3) is 2.00. The Bertz CT molecular complexity index is 892. The van der Waals surface area contributed by atoms with Gasteiger partial charge in [0, 0.05) is 10.8 Å². The summed E-state index contributed by atoms with van der Waals surface area (Å²) in [5, 5.41) is 10.5. The number of rotatable bonds is 3. The van der Waals surface area contributed by atoms with Gasteiger partial charge in [-0.05, 0) is 18.6 Å². The largest absolute Gasteiger partial charge is 0.226 e. The standard InChI is InChI=1S/C17H14N4/c1-2-6-13-12-9-15-16(10-14(12)21-20-13)19-17(18-15)11-7-4-3-5-8-11/h3-5,7-10H,2,6H2,1H3. The second-order valence-corrected chi connectivity index (χ2v) is 5.17. The predicted molar refractivity (Wildman–Crippen MR) is 82.7 cm³/mol. The fourth-order valence-corrected chi connectivity index (χ4v) is 2.62. The average molecular weight is 274 g/mol. The summed E-state index contributed by atoms with van der Waals surface area (Å²) in [5.74, 6) is 0.767. The van der Waals surface area contributed by atoms with Crippen LogP contribution < -0.4 is 10.6 Å². The summed E-state index contributed by atoms with van der Waals surface area (Å²) in [7, 11) is 0. The molecule has 4 rings (SSSR count). The number of benzene rings is 2. The van der Waals surface area contributed by atoms with Crippen LogP contribution in [0.4, 0.5) is 11.4 Å². The van der Waals surface area contributed by atoms with Gasteiger partial charge in [-0.15, -0.1) is 0 Å². The zero-order chi connectivity index (χ0) is 14.2. The smallest absolute Gasteiger partial charge is 0.160 e. The lowest BCUT2D eigenvalue weighted by atomic mass is 10.1. The molecule has 0 fully saturated rings. The molecule has 2 heterocycles. The molecular weight excluding hydrogens is 260 g/mol. The minimum Gasteiger partial charge on any atom is -0.226 e. The highest BCUT2D eigenvalue weighted by molar-refractivity contribution is 6.02. The minimum atomic E-state index is 0.767. The van der Waals surface area contributed by atoms with Crippen molar-refractivity contribution in [2.75, 3.05) is 0 Å². The van der Waals surface area contributed by atoms with Crippen molar-refractivity contribution in [3.8, 4) is 0 Å². The summed E-state index contributed by atoms with van der Waals surface area (Å²) >= 11 is 0. The van der Waals surface area contributed by atoms with Gasteiger partial charge in [-0.2, -0.15) is 10.2 Å². The Morgan fingerprint density at radius 2 is 1.76 bits per heavy atom. The molecule has 2 aliphatic heterocycles. The summed E-state index contributed by atoms with van der Waals surface area (Å²) in [6.45, 7) is 2.15. The van der Waals surface area contributed by atoms with E-state index in [4.69, 9.17) is 0 Å². The molecule has 0 spiro atoms. The highest BCUT2D eigenvalue weighted by Crippen LogP contribution is 2.23. The Hall–Kier alpha value is -2.62. The van der Waals surface area contributed by atoms with Crippen LogP contribution in [0.5, 0.6) is 0 Å². The third-order valence-electron chi connectivity index (χ3n) is 3.65. The Labute approximate surface area is 122 Å². The fourth-order valence-electron chi connectivity index (χ4n) is 2.62.